The van der Waals surface area contributed by atoms with Crippen molar-refractivity contribution in [1.29, 1.82) is 0 Å². The van der Waals surface area contributed by atoms with Crippen LogP contribution in [0.25, 0.3) is 0 Å². The third kappa shape index (κ3) is 3.91. The second-order valence-electron chi connectivity index (χ2n) is 5.90. The minimum atomic E-state index is -3.66. The molecule has 134 valence electrons. The summed E-state index contributed by atoms with van der Waals surface area (Å²) in [5.74, 6) is 0. The van der Waals surface area contributed by atoms with Crippen LogP contribution < -0.4 is 4.90 Å². The van der Waals surface area contributed by atoms with Gasteiger partial charge in [0.05, 0.1) is 5.02 Å². The van der Waals surface area contributed by atoms with Gasteiger partial charge in [-0.25, -0.2) is 8.42 Å². The molecule has 0 bridgehead atoms. The first-order valence-electron chi connectivity index (χ1n) is 7.75. The Bertz CT molecular complexity index is 895. The number of hydrogen-bond acceptors (Lipinski definition) is 3. The normalized spacial score (nSPS) is 16.2. The van der Waals surface area contributed by atoms with E-state index in [9.17, 15) is 8.42 Å². The summed E-state index contributed by atoms with van der Waals surface area (Å²) in [6, 6.07) is 10.6. The largest absolute Gasteiger partial charge is 0.369 e. The number of hydrogen-bond donors (Lipinski definition) is 0. The molecule has 0 amide bonds. The van der Waals surface area contributed by atoms with E-state index in [2.05, 4.69) is 4.90 Å². The maximum atomic E-state index is 12.9. The molecule has 0 aromatic heterocycles. The molecule has 25 heavy (non-hydrogen) atoms. The van der Waals surface area contributed by atoms with Crippen LogP contribution in [0.1, 0.15) is 5.56 Å². The molecule has 0 saturated carbocycles. The Morgan fingerprint density at radius 1 is 0.920 bits per heavy atom. The summed E-state index contributed by atoms with van der Waals surface area (Å²) >= 11 is 18.2. The smallest absolute Gasteiger partial charge is 0.244 e. The molecule has 8 heteroatoms. The van der Waals surface area contributed by atoms with Crippen molar-refractivity contribution in [3.63, 3.8) is 0 Å². The molecular weight excluding hydrogens is 403 g/mol. The zero-order valence-electron chi connectivity index (χ0n) is 13.5. The first kappa shape index (κ1) is 18.8. The Kier molecular flexibility index (Phi) is 5.51. The fourth-order valence-electron chi connectivity index (χ4n) is 2.83. The monoisotopic (exact) mass is 418 g/mol. The van der Waals surface area contributed by atoms with Crippen LogP contribution in [0.4, 0.5) is 5.69 Å². The van der Waals surface area contributed by atoms with Gasteiger partial charge in [-0.15, -0.1) is 0 Å². The van der Waals surface area contributed by atoms with Crippen LogP contribution >= 0.6 is 34.8 Å². The predicted octanol–water partition coefficient (Wildman–Crippen LogP) is 4.47. The van der Waals surface area contributed by atoms with Gasteiger partial charge in [0.25, 0.3) is 0 Å². The molecule has 3 rings (SSSR count). The van der Waals surface area contributed by atoms with Gasteiger partial charge >= 0.3 is 0 Å². The third-order valence-corrected chi connectivity index (χ3v) is 7.25. The highest BCUT2D eigenvalue weighted by Gasteiger charge is 2.30. The zero-order valence-corrected chi connectivity index (χ0v) is 16.6. The zero-order chi connectivity index (χ0) is 18.2. The van der Waals surface area contributed by atoms with E-state index in [4.69, 9.17) is 34.8 Å². The molecule has 0 unspecified atom stereocenters. The molecule has 1 saturated heterocycles. The second kappa shape index (κ2) is 7.33. The maximum Gasteiger partial charge on any atom is 0.244 e. The summed E-state index contributed by atoms with van der Waals surface area (Å²) in [7, 11) is -3.66. The SMILES string of the molecule is Cc1cc(S(=O)(=O)N2CCN(c3cccc(Cl)c3)CC2)c(Cl)cc1Cl. The molecular formula is C17H17Cl3N2O2S. The summed E-state index contributed by atoms with van der Waals surface area (Å²) in [6.45, 7) is 3.70. The lowest BCUT2D eigenvalue weighted by Crippen LogP contribution is -2.48. The molecule has 2 aromatic rings. The van der Waals surface area contributed by atoms with Gasteiger partial charge in [0.2, 0.25) is 10.0 Å². The quantitative estimate of drug-likeness (QED) is 0.737. The number of anilines is 1. The standard InChI is InChI=1S/C17H17Cl3N2O2S/c1-12-9-17(16(20)11-15(12)19)25(23,24)22-7-5-21(6-8-22)14-4-2-3-13(18)10-14/h2-4,9-11H,5-8H2,1H3. The maximum absolute atomic E-state index is 12.9. The van der Waals surface area contributed by atoms with E-state index in [1.165, 1.54) is 16.4 Å². The Balaban J connectivity index is 1.79. The number of aryl methyl sites for hydroxylation is 1. The van der Waals surface area contributed by atoms with Gasteiger partial charge in [-0.05, 0) is 42.8 Å². The van der Waals surface area contributed by atoms with E-state index in [1.807, 2.05) is 24.3 Å². The number of nitrogens with zero attached hydrogens (tertiary/aromatic N) is 2. The van der Waals surface area contributed by atoms with Crippen molar-refractivity contribution in [1.82, 2.24) is 4.31 Å². The van der Waals surface area contributed by atoms with Crippen LogP contribution in [-0.2, 0) is 10.0 Å². The van der Waals surface area contributed by atoms with Crippen LogP contribution in [-0.4, -0.2) is 38.9 Å². The predicted molar refractivity (Wildman–Crippen MR) is 104 cm³/mol. The van der Waals surface area contributed by atoms with Gasteiger partial charge in [-0.2, -0.15) is 4.31 Å². The molecule has 0 aliphatic carbocycles. The molecule has 0 N–H and O–H groups in total. The van der Waals surface area contributed by atoms with E-state index >= 15 is 0 Å². The van der Waals surface area contributed by atoms with Crippen molar-refractivity contribution < 1.29 is 8.42 Å². The summed E-state index contributed by atoms with van der Waals surface area (Å²) in [4.78, 5) is 2.22. The van der Waals surface area contributed by atoms with Crippen molar-refractivity contribution in [2.24, 2.45) is 0 Å². The lowest BCUT2D eigenvalue weighted by atomic mass is 10.2. The Morgan fingerprint density at radius 3 is 2.24 bits per heavy atom. The average Bonchev–Trinajstić information content (AvgIpc) is 2.58. The van der Waals surface area contributed by atoms with E-state index in [0.29, 0.717) is 41.8 Å². The van der Waals surface area contributed by atoms with E-state index in [0.717, 1.165) is 5.69 Å². The van der Waals surface area contributed by atoms with Crippen LogP contribution in [0.3, 0.4) is 0 Å². The lowest BCUT2D eigenvalue weighted by molar-refractivity contribution is 0.385. The summed E-state index contributed by atoms with van der Waals surface area (Å²) in [5, 5.41) is 1.26. The highest BCUT2D eigenvalue weighted by atomic mass is 35.5. The number of piperazine rings is 1. The van der Waals surface area contributed by atoms with Gasteiger partial charge in [-0.3, -0.25) is 0 Å². The number of benzene rings is 2. The molecule has 4 nitrogen and oxygen atoms in total. The van der Waals surface area contributed by atoms with Crippen LogP contribution in [0.2, 0.25) is 15.1 Å². The fourth-order valence-corrected chi connectivity index (χ4v) is 5.24. The fraction of sp³-hybridized carbons (Fsp3) is 0.294. The molecule has 2 aromatic carbocycles. The summed E-state index contributed by atoms with van der Waals surface area (Å²) in [5.41, 5.74) is 1.67. The molecule has 0 radical (unpaired) electrons. The highest BCUT2D eigenvalue weighted by molar-refractivity contribution is 7.89. The number of halogens is 3. The lowest BCUT2D eigenvalue weighted by Gasteiger charge is -2.35. The van der Waals surface area contributed by atoms with Gasteiger partial charge in [0.1, 0.15) is 4.90 Å². The van der Waals surface area contributed by atoms with Crippen molar-refractivity contribution in [3.8, 4) is 0 Å². The topological polar surface area (TPSA) is 40.6 Å². The first-order chi connectivity index (χ1) is 11.8. The Hall–Kier alpha value is -0.980. The van der Waals surface area contributed by atoms with Crippen LogP contribution in [0.15, 0.2) is 41.3 Å². The first-order valence-corrected chi connectivity index (χ1v) is 10.3. The molecule has 0 spiro atoms. The second-order valence-corrected chi connectivity index (χ2v) is 9.06. The highest BCUT2D eigenvalue weighted by Crippen LogP contribution is 2.31. The van der Waals surface area contributed by atoms with Crippen molar-refractivity contribution >= 4 is 50.5 Å². The number of sulfonamides is 1. The minimum absolute atomic E-state index is 0.104. The van der Waals surface area contributed by atoms with Crippen LogP contribution in [0.5, 0.6) is 0 Å². The summed E-state index contributed by atoms with van der Waals surface area (Å²) in [6.07, 6.45) is 0. The molecule has 1 fully saturated rings. The molecule has 1 aliphatic heterocycles. The van der Waals surface area contributed by atoms with E-state index < -0.39 is 10.0 Å². The van der Waals surface area contributed by atoms with Crippen LogP contribution in [0, 0.1) is 6.92 Å². The van der Waals surface area contributed by atoms with Crippen molar-refractivity contribution in [2.45, 2.75) is 11.8 Å². The molecule has 0 atom stereocenters. The van der Waals surface area contributed by atoms with Gasteiger partial charge in [-0.1, -0.05) is 40.9 Å². The Morgan fingerprint density at radius 2 is 1.60 bits per heavy atom. The molecule has 1 aliphatic rings. The average molecular weight is 420 g/mol. The Labute approximate surface area is 162 Å². The van der Waals surface area contributed by atoms with E-state index in [1.54, 1.807) is 6.92 Å². The van der Waals surface area contributed by atoms with Crippen molar-refractivity contribution in [2.75, 3.05) is 31.1 Å². The summed E-state index contributed by atoms with van der Waals surface area (Å²) < 4.78 is 27.3. The third-order valence-electron chi connectivity index (χ3n) is 4.24. The van der Waals surface area contributed by atoms with Gasteiger partial charge in [0, 0.05) is 41.9 Å². The van der Waals surface area contributed by atoms with Gasteiger partial charge in [0.15, 0.2) is 0 Å². The van der Waals surface area contributed by atoms with E-state index in [-0.39, 0.29) is 9.92 Å². The van der Waals surface area contributed by atoms with Gasteiger partial charge < -0.3 is 4.90 Å². The van der Waals surface area contributed by atoms with Crippen molar-refractivity contribution in [3.05, 3.63) is 57.0 Å². The minimum Gasteiger partial charge on any atom is -0.369 e. The number of rotatable bonds is 3. The molecule has 1 heterocycles.